The Labute approximate surface area is 163 Å². The second kappa shape index (κ2) is 7.23. The minimum absolute atomic E-state index is 0.0240. The zero-order valence-corrected chi connectivity index (χ0v) is 15.4. The monoisotopic (exact) mass is 396 g/mol. The summed E-state index contributed by atoms with van der Waals surface area (Å²) in [6.45, 7) is 0.773. The van der Waals surface area contributed by atoms with Gasteiger partial charge in [-0.1, -0.05) is 18.2 Å². The van der Waals surface area contributed by atoms with Gasteiger partial charge in [-0.2, -0.15) is 5.10 Å². The first kappa shape index (κ1) is 18.4. The van der Waals surface area contributed by atoms with Gasteiger partial charge in [-0.05, 0) is 6.07 Å². The third-order valence-electron chi connectivity index (χ3n) is 4.48. The van der Waals surface area contributed by atoms with Gasteiger partial charge in [-0.15, -0.1) is 0 Å². The molecule has 0 aliphatic carbocycles. The molecule has 0 atom stereocenters. The van der Waals surface area contributed by atoms with Crippen LogP contribution in [0, 0.1) is 10.1 Å². The molecule has 2 heterocycles. The number of anilines is 1. The van der Waals surface area contributed by atoms with Crippen LogP contribution in [0.4, 0.5) is 11.4 Å². The third kappa shape index (κ3) is 3.35. The molecule has 10 nitrogen and oxygen atoms in total. The number of aryl methyl sites for hydroxylation is 1. The maximum absolute atomic E-state index is 12.9. The Hall–Kier alpha value is -3.95. The van der Waals surface area contributed by atoms with Crippen LogP contribution >= 0.6 is 0 Å². The van der Waals surface area contributed by atoms with E-state index >= 15 is 0 Å². The van der Waals surface area contributed by atoms with E-state index in [0.29, 0.717) is 36.2 Å². The van der Waals surface area contributed by atoms with E-state index in [0.717, 1.165) is 4.68 Å². The van der Waals surface area contributed by atoms with E-state index in [1.54, 1.807) is 24.3 Å². The van der Waals surface area contributed by atoms with Crippen molar-refractivity contribution in [3.63, 3.8) is 0 Å². The van der Waals surface area contributed by atoms with Crippen molar-refractivity contribution in [2.24, 2.45) is 7.05 Å². The van der Waals surface area contributed by atoms with Crippen LogP contribution in [-0.4, -0.2) is 33.8 Å². The molecule has 29 heavy (non-hydrogen) atoms. The molecule has 0 fully saturated rings. The maximum atomic E-state index is 12.9. The van der Waals surface area contributed by atoms with Gasteiger partial charge in [0.1, 0.15) is 5.69 Å². The lowest BCUT2D eigenvalue weighted by Gasteiger charge is -2.12. The van der Waals surface area contributed by atoms with Crippen molar-refractivity contribution in [3.05, 3.63) is 62.6 Å². The first-order chi connectivity index (χ1) is 14.0. The Bertz CT molecular complexity index is 1200. The van der Waals surface area contributed by atoms with Crippen LogP contribution in [0.5, 0.6) is 11.5 Å². The van der Waals surface area contributed by atoms with Crippen molar-refractivity contribution >= 4 is 28.1 Å². The number of rotatable bonds is 3. The van der Waals surface area contributed by atoms with Crippen LogP contribution < -0.4 is 20.3 Å². The van der Waals surface area contributed by atoms with Crippen LogP contribution in [0.2, 0.25) is 0 Å². The van der Waals surface area contributed by atoms with Crippen LogP contribution in [0.25, 0.3) is 10.8 Å². The van der Waals surface area contributed by atoms with E-state index in [-0.39, 0.29) is 28.4 Å². The molecular formula is C19H16N4O6. The highest BCUT2D eigenvalue weighted by molar-refractivity contribution is 6.11. The van der Waals surface area contributed by atoms with E-state index in [2.05, 4.69) is 10.4 Å². The smallest absolute Gasteiger partial charge is 0.296 e. The average molecular weight is 396 g/mol. The predicted molar refractivity (Wildman–Crippen MR) is 104 cm³/mol. The van der Waals surface area contributed by atoms with E-state index in [1.165, 1.54) is 19.2 Å². The molecule has 1 amide bonds. The number of nitrogens with zero attached hydrogens (tertiary/aromatic N) is 3. The summed E-state index contributed by atoms with van der Waals surface area (Å²) in [7, 11) is 1.43. The van der Waals surface area contributed by atoms with Gasteiger partial charge < -0.3 is 14.8 Å². The van der Waals surface area contributed by atoms with Gasteiger partial charge in [0.15, 0.2) is 17.2 Å². The highest BCUT2D eigenvalue weighted by atomic mass is 16.6. The van der Waals surface area contributed by atoms with E-state index in [4.69, 9.17) is 9.47 Å². The number of fused-ring (bicyclic) bond motifs is 2. The molecule has 0 bridgehead atoms. The fourth-order valence-corrected chi connectivity index (χ4v) is 3.10. The molecule has 3 aromatic rings. The number of ether oxygens (including phenoxy) is 2. The third-order valence-corrected chi connectivity index (χ3v) is 4.48. The fraction of sp³-hybridized carbons (Fsp3) is 0.211. The SMILES string of the molecule is Cn1nc(C(=O)Nc2cc3c(cc2[N+](=O)[O-])OCCCO3)c2ccccc2c1=O. The van der Waals surface area contributed by atoms with Crippen molar-refractivity contribution in [3.8, 4) is 11.5 Å². The molecular weight excluding hydrogens is 380 g/mol. The van der Waals surface area contributed by atoms with Gasteiger partial charge in [-0.3, -0.25) is 19.7 Å². The normalized spacial score (nSPS) is 13.0. The number of nitro benzene ring substituents is 1. The van der Waals surface area contributed by atoms with Gasteiger partial charge in [0.05, 0.1) is 29.6 Å². The van der Waals surface area contributed by atoms with Crippen LogP contribution in [0.3, 0.4) is 0 Å². The van der Waals surface area contributed by atoms with E-state index < -0.39 is 10.8 Å². The Balaban J connectivity index is 1.79. The van der Waals surface area contributed by atoms with Crippen molar-refractivity contribution in [1.82, 2.24) is 9.78 Å². The highest BCUT2D eigenvalue weighted by Crippen LogP contribution is 2.39. The summed E-state index contributed by atoms with van der Waals surface area (Å²) in [5, 5.41) is 18.8. The molecule has 0 unspecified atom stereocenters. The number of aromatic nitrogens is 2. The number of benzene rings is 2. The molecule has 1 N–H and O–H groups in total. The molecule has 0 radical (unpaired) electrons. The molecule has 1 aliphatic heterocycles. The largest absolute Gasteiger partial charge is 0.489 e. The number of carbonyl (C=O) groups excluding carboxylic acids is 1. The van der Waals surface area contributed by atoms with Gasteiger partial charge in [0, 0.05) is 24.9 Å². The minimum Gasteiger partial charge on any atom is -0.489 e. The lowest BCUT2D eigenvalue weighted by Crippen LogP contribution is -2.25. The molecule has 1 aliphatic rings. The molecule has 148 valence electrons. The molecule has 2 aromatic carbocycles. The topological polar surface area (TPSA) is 126 Å². The Kier molecular flexibility index (Phi) is 4.59. The van der Waals surface area contributed by atoms with Gasteiger partial charge in [0.25, 0.3) is 17.2 Å². The molecule has 0 spiro atoms. The second-order valence-corrected chi connectivity index (χ2v) is 6.40. The molecule has 1 aromatic heterocycles. The van der Waals surface area contributed by atoms with E-state index in [9.17, 15) is 19.7 Å². The van der Waals surface area contributed by atoms with Crippen molar-refractivity contribution < 1.29 is 19.2 Å². The molecule has 4 rings (SSSR count). The van der Waals surface area contributed by atoms with Crippen molar-refractivity contribution in [2.45, 2.75) is 6.42 Å². The fourth-order valence-electron chi connectivity index (χ4n) is 3.10. The quantitative estimate of drug-likeness (QED) is 0.531. The number of nitrogens with one attached hydrogen (secondary N) is 1. The van der Waals surface area contributed by atoms with Gasteiger partial charge in [-0.25, -0.2) is 4.68 Å². The zero-order chi connectivity index (χ0) is 20.5. The van der Waals surface area contributed by atoms with Crippen molar-refractivity contribution in [2.75, 3.05) is 18.5 Å². The van der Waals surface area contributed by atoms with Gasteiger partial charge >= 0.3 is 0 Å². The van der Waals surface area contributed by atoms with E-state index in [1.807, 2.05) is 0 Å². The number of carbonyl (C=O) groups is 1. The summed E-state index contributed by atoms with van der Waals surface area (Å²) >= 11 is 0. The van der Waals surface area contributed by atoms with Crippen LogP contribution in [0.1, 0.15) is 16.9 Å². The molecule has 0 saturated carbocycles. The Morgan fingerprint density at radius 2 is 1.83 bits per heavy atom. The summed E-state index contributed by atoms with van der Waals surface area (Å²) in [5.41, 5.74) is -0.761. The number of hydrogen-bond acceptors (Lipinski definition) is 7. The van der Waals surface area contributed by atoms with Crippen LogP contribution in [0.15, 0.2) is 41.2 Å². The Morgan fingerprint density at radius 1 is 1.17 bits per heavy atom. The van der Waals surface area contributed by atoms with Crippen LogP contribution in [-0.2, 0) is 7.05 Å². The zero-order valence-electron chi connectivity index (χ0n) is 15.4. The number of nitro groups is 1. The number of amides is 1. The summed E-state index contributed by atoms with van der Waals surface area (Å²) in [4.78, 5) is 36.1. The first-order valence-corrected chi connectivity index (χ1v) is 8.81. The summed E-state index contributed by atoms with van der Waals surface area (Å²) < 4.78 is 12.1. The minimum atomic E-state index is -0.686. The average Bonchev–Trinajstić information content (AvgIpc) is 2.94. The predicted octanol–water partition coefficient (Wildman–Crippen LogP) is 2.26. The molecule has 0 saturated heterocycles. The molecule has 10 heteroatoms. The van der Waals surface area contributed by atoms with Gasteiger partial charge in [0.2, 0.25) is 0 Å². The number of hydrogen-bond donors (Lipinski definition) is 1. The second-order valence-electron chi connectivity index (χ2n) is 6.40. The van der Waals surface area contributed by atoms with Crippen molar-refractivity contribution in [1.29, 1.82) is 0 Å². The standard InChI is InChI=1S/C19H16N4O6/c1-22-19(25)12-6-3-2-5-11(12)17(21-22)18(24)20-13-9-15-16(10-14(13)23(26)27)29-8-4-7-28-15/h2-3,5-6,9-10H,4,7-8H2,1H3,(H,20,24). The lowest BCUT2D eigenvalue weighted by molar-refractivity contribution is -0.384. The summed E-state index contributed by atoms with van der Waals surface area (Å²) in [5.74, 6) is -0.131. The Morgan fingerprint density at radius 3 is 2.52 bits per heavy atom. The lowest BCUT2D eigenvalue weighted by atomic mass is 10.1. The first-order valence-electron chi connectivity index (χ1n) is 8.81. The maximum Gasteiger partial charge on any atom is 0.296 e. The summed E-state index contributed by atoms with van der Waals surface area (Å²) in [6.07, 6.45) is 0.637. The summed E-state index contributed by atoms with van der Waals surface area (Å²) in [6, 6.07) is 9.13. The highest BCUT2D eigenvalue weighted by Gasteiger charge is 2.24.